The van der Waals surface area contributed by atoms with E-state index >= 15 is 0 Å². The average molecular weight is 404 g/mol. The molecule has 0 amide bonds. The number of carbonyl (C=O) groups is 1. The van der Waals surface area contributed by atoms with Crippen LogP contribution in [0.1, 0.15) is 16.1 Å². The molecule has 0 aliphatic carbocycles. The smallest absolute Gasteiger partial charge is 0.464 e. The van der Waals surface area contributed by atoms with E-state index in [1.165, 1.54) is 12.3 Å². The minimum atomic E-state index is -4.87. The van der Waals surface area contributed by atoms with Crippen LogP contribution in [0.4, 0.5) is 18.9 Å². The van der Waals surface area contributed by atoms with Crippen LogP contribution < -0.4 is 10.5 Å². The fraction of sp³-hybridized carbons (Fsp3) is 0.143. The minimum absolute atomic E-state index is 0.0237. The second kappa shape index (κ2) is 6.45. The zero-order valence-electron chi connectivity index (χ0n) is 12.0. The fourth-order valence-corrected chi connectivity index (χ4v) is 2.42. The number of ether oxygens (including phenoxy) is 2. The first-order valence-electron chi connectivity index (χ1n) is 6.23. The molecular weight excluding hydrogens is 395 g/mol. The first-order valence-corrected chi connectivity index (χ1v) is 7.02. The predicted molar refractivity (Wildman–Crippen MR) is 80.6 cm³/mol. The van der Waals surface area contributed by atoms with Crippen molar-refractivity contribution < 1.29 is 27.4 Å². The Morgan fingerprint density at radius 3 is 2.62 bits per heavy atom. The summed E-state index contributed by atoms with van der Waals surface area (Å²) in [4.78, 5) is 11.9. The molecule has 2 N–H and O–H groups in total. The monoisotopic (exact) mass is 403 g/mol. The summed E-state index contributed by atoms with van der Waals surface area (Å²) in [6.07, 6.45) is -3.65. The number of nitrogens with zero attached hydrogens (tertiary/aromatic N) is 2. The molecule has 2 aromatic rings. The molecule has 0 bridgehead atoms. The molecule has 0 aliphatic rings. The number of hydrogen-bond acceptors (Lipinski definition) is 5. The molecule has 1 aromatic carbocycles. The van der Waals surface area contributed by atoms with Crippen LogP contribution in [0.5, 0.6) is 5.75 Å². The molecule has 0 spiro atoms. The zero-order valence-corrected chi connectivity index (χ0v) is 13.6. The SMILES string of the molecule is COC(=O)c1c(N)c(C#N)cn1-c1cc(OC(F)(F)F)ccc1Br. The van der Waals surface area contributed by atoms with Crippen molar-refractivity contribution in [3.8, 4) is 17.5 Å². The molecule has 0 saturated heterocycles. The van der Waals surface area contributed by atoms with Crippen molar-refractivity contribution in [1.82, 2.24) is 4.57 Å². The van der Waals surface area contributed by atoms with Gasteiger partial charge in [0.25, 0.3) is 0 Å². The number of benzene rings is 1. The first-order chi connectivity index (χ1) is 11.2. The Morgan fingerprint density at radius 2 is 2.08 bits per heavy atom. The van der Waals surface area contributed by atoms with E-state index in [1.807, 2.05) is 0 Å². The van der Waals surface area contributed by atoms with Crippen molar-refractivity contribution >= 4 is 27.6 Å². The van der Waals surface area contributed by atoms with Crippen LogP contribution in [0.3, 0.4) is 0 Å². The van der Waals surface area contributed by atoms with Crippen molar-refractivity contribution in [2.45, 2.75) is 6.36 Å². The van der Waals surface area contributed by atoms with E-state index in [1.54, 1.807) is 6.07 Å². The summed E-state index contributed by atoms with van der Waals surface area (Å²) in [7, 11) is 1.11. The van der Waals surface area contributed by atoms with Gasteiger partial charge >= 0.3 is 12.3 Å². The van der Waals surface area contributed by atoms with Crippen LogP contribution in [0, 0.1) is 11.3 Å². The Labute approximate surface area is 142 Å². The second-order valence-corrected chi connectivity index (χ2v) is 5.29. The van der Waals surface area contributed by atoms with E-state index in [9.17, 15) is 18.0 Å². The summed E-state index contributed by atoms with van der Waals surface area (Å²) in [5.41, 5.74) is 5.52. The molecule has 6 nitrogen and oxygen atoms in total. The molecule has 0 radical (unpaired) electrons. The zero-order chi connectivity index (χ0) is 18.1. The molecule has 0 saturated carbocycles. The minimum Gasteiger partial charge on any atom is -0.464 e. The lowest BCUT2D eigenvalue weighted by atomic mass is 10.2. The third-order valence-corrected chi connectivity index (χ3v) is 3.62. The Morgan fingerprint density at radius 1 is 1.42 bits per heavy atom. The number of nitriles is 1. The Kier molecular flexibility index (Phi) is 4.75. The van der Waals surface area contributed by atoms with Gasteiger partial charge in [0.15, 0.2) is 5.69 Å². The Bertz CT molecular complexity index is 840. The second-order valence-electron chi connectivity index (χ2n) is 4.44. The van der Waals surface area contributed by atoms with Crippen molar-refractivity contribution in [2.24, 2.45) is 0 Å². The van der Waals surface area contributed by atoms with Crippen molar-refractivity contribution in [3.63, 3.8) is 0 Å². The van der Waals surface area contributed by atoms with E-state index in [2.05, 4.69) is 25.4 Å². The van der Waals surface area contributed by atoms with Gasteiger partial charge in [0.05, 0.1) is 24.0 Å². The van der Waals surface area contributed by atoms with Crippen LogP contribution in [-0.4, -0.2) is 24.0 Å². The maximum Gasteiger partial charge on any atom is 0.573 e. The summed E-state index contributed by atoms with van der Waals surface area (Å²) in [6.45, 7) is 0. The maximum absolute atomic E-state index is 12.4. The molecule has 24 heavy (non-hydrogen) atoms. The highest BCUT2D eigenvalue weighted by molar-refractivity contribution is 9.10. The third kappa shape index (κ3) is 3.46. The topological polar surface area (TPSA) is 90.3 Å². The normalized spacial score (nSPS) is 11.0. The fourth-order valence-electron chi connectivity index (χ4n) is 1.98. The number of carbonyl (C=O) groups excluding carboxylic acids is 1. The molecule has 1 heterocycles. The first kappa shape index (κ1) is 17.7. The standard InChI is InChI=1S/C14H9BrF3N3O3/c1-23-13(22)12-11(20)7(5-19)6-21(12)10-4-8(2-3-9(10)15)24-14(16,17)18/h2-4,6H,20H2,1H3. The van der Waals surface area contributed by atoms with E-state index < -0.39 is 18.1 Å². The summed E-state index contributed by atoms with van der Waals surface area (Å²) in [5, 5.41) is 9.05. The quantitative estimate of drug-likeness (QED) is 0.793. The molecule has 1 aromatic heterocycles. The molecule has 0 fully saturated rings. The van der Waals surface area contributed by atoms with Crippen LogP contribution >= 0.6 is 15.9 Å². The predicted octanol–water partition coefficient (Wildman–Crippen LogP) is 3.38. The highest BCUT2D eigenvalue weighted by Crippen LogP contribution is 2.33. The van der Waals surface area contributed by atoms with Crippen LogP contribution in [0.15, 0.2) is 28.9 Å². The number of hydrogen-bond donors (Lipinski definition) is 1. The van der Waals surface area contributed by atoms with Gasteiger partial charge in [0.2, 0.25) is 0 Å². The van der Waals surface area contributed by atoms with Crippen molar-refractivity contribution in [3.05, 3.63) is 40.1 Å². The maximum atomic E-state index is 12.4. The van der Waals surface area contributed by atoms with Gasteiger partial charge in [-0.05, 0) is 28.1 Å². The van der Waals surface area contributed by atoms with E-state index in [0.29, 0.717) is 4.47 Å². The number of anilines is 1. The van der Waals surface area contributed by atoms with Gasteiger partial charge in [-0.15, -0.1) is 13.2 Å². The van der Waals surface area contributed by atoms with Gasteiger partial charge in [0, 0.05) is 16.7 Å². The lowest BCUT2D eigenvalue weighted by Gasteiger charge is -2.14. The van der Waals surface area contributed by atoms with Gasteiger partial charge in [-0.25, -0.2) is 4.79 Å². The number of nitrogen functional groups attached to an aromatic ring is 1. The van der Waals surface area contributed by atoms with Crippen LogP contribution in [-0.2, 0) is 4.74 Å². The van der Waals surface area contributed by atoms with E-state index in [4.69, 9.17) is 11.0 Å². The Balaban J connectivity index is 2.66. The molecule has 0 unspecified atom stereocenters. The summed E-state index contributed by atoms with van der Waals surface area (Å²) < 4.78 is 47.1. The summed E-state index contributed by atoms with van der Waals surface area (Å²) in [5.74, 6) is -1.34. The number of methoxy groups -OCH3 is 1. The number of rotatable bonds is 3. The van der Waals surface area contributed by atoms with Crippen LogP contribution in [0.25, 0.3) is 5.69 Å². The lowest BCUT2D eigenvalue weighted by molar-refractivity contribution is -0.274. The molecule has 2 rings (SSSR count). The van der Waals surface area contributed by atoms with Crippen LogP contribution in [0.2, 0.25) is 0 Å². The van der Waals surface area contributed by atoms with E-state index in [-0.39, 0.29) is 22.6 Å². The number of nitrogens with two attached hydrogens (primary N) is 1. The van der Waals surface area contributed by atoms with Crippen molar-refractivity contribution in [2.75, 3.05) is 12.8 Å². The van der Waals surface area contributed by atoms with Gasteiger partial charge in [0.1, 0.15) is 11.8 Å². The molecular formula is C14H9BrF3N3O3. The van der Waals surface area contributed by atoms with Gasteiger partial charge < -0.3 is 19.8 Å². The Hall–Kier alpha value is -2.67. The van der Waals surface area contributed by atoms with Crippen molar-refractivity contribution in [1.29, 1.82) is 5.26 Å². The number of alkyl halides is 3. The highest BCUT2D eigenvalue weighted by Gasteiger charge is 2.31. The van der Waals surface area contributed by atoms with Gasteiger partial charge in [-0.3, -0.25) is 0 Å². The summed E-state index contributed by atoms with van der Waals surface area (Å²) in [6, 6.07) is 5.24. The lowest BCUT2D eigenvalue weighted by Crippen LogP contribution is -2.17. The number of halogens is 4. The summed E-state index contributed by atoms with van der Waals surface area (Å²) >= 11 is 3.17. The molecule has 0 atom stereocenters. The number of aromatic nitrogens is 1. The van der Waals surface area contributed by atoms with E-state index in [0.717, 1.165) is 23.8 Å². The average Bonchev–Trinajstić information content (AvgIpc) is 2.83. The third-order valence-electron chi connectivity index (χ3n) is 2.95. The molecule has 126 valence electrons. The number of esters is 1. The molecule has 0 aliphatic heterocycles. The van der Waals surface area contributed by atoms with Gasteiger partial charge in [-0.2, -0.15) is 5.26 Å². The highest BCUT2D eigenvalue weighted by atomic mass is 79.9. The molecule has 10 heteroatoms. The van der Waals surface area contributed by atoms with Gasteiger partial charge in [-0.1, -0.05) is 0 Å². The largest absolute Gasteiger partial charge is 0.573 e.